The quantitative estimate of drug-likeness (QED) is 0.683. The number of nitrogens with zero attached hydrogens (tertiary/aromatic N) is 1. The van der Waals surface area contributed by atoms with Crippen molar-refractivity contribution in [3.05, 3.63) is 17.5 Å². The van der Waals surface area contributed by atoms with Crippen LogP contribution in [0.1, 0.15) is 75.3 Å². The SMILES string of the molecule is CC(=O)O[C@@]1(NC(=O)c2conc2C(C)C)CCCC(C)C1. The van der Waals surface area contributed by atoms with Crippen molar-refractivity contribution in [3.63, 3.8) is 0 Å². The maximum atomic E-state index is 12.6. The van der Waals surface area contributed by atoms with Crippen molar-refractivity contribution in [3.8, 4) is 0 Å². The van der Waals surface area contributed by atoms with Crippen molar-refractivity contribution in [2.45, 2.75) is 65.0 Å². The van der Waals surface area contributed by atoms with Crippen LogP contribution in [0.4, 0.5) is 0 Å². The molecule has 1 aliphatic carbocycles. The molecular weight excluding hydrogens is 284 g/mol. The minimum absolute atomic E-state index is 0.0782. The molecule has 1 unspecified atom stereocenters. The normalized spacial score (nSPS) is 25.0. The summed E-state index contributed by atoms with van der Waals surface area (Å²) < 4.78 is 10.4. The fourth-order valence-corrected chi connectivity index (χ4v) is 3.12. The first kappa shape index (κ1) is 16.5. The molecule has 1 saturated carbocycles. The number of esters is 1. The van der Waals surface area contributed by atoms with Crippen LogP contribution in [0.5, 0.6) is 0 Å². The van der Waals surface area contributed by atoms with E-state index in [2.05, 4.69) is 17.4 Å². The van der Waals surface area contributed by atoms with E-state index >= 15 is 0 Å². The third kappa shape index (κ3) is 3.67. The Labute approximate surface area is 130 Å². The highest BCUT2D eigenvalue weighted by Crippen LogP contribution is 2.34. The predicted octanol–water partition coefficient (Wildman–Crippen LogP) is 3.00. The van der Waals surface area contributed by atoms with Crippen molar-refractivity contribution >= 4 is 11.9 Å². The molecule has 1 amide bonds. The number of aromatic nitrogens is 1. The minimum atomic E-state index is -0.925. The minimum Gasteiger partial charge on any atom is -0.439 e. The van der Waals surface area contributed by atoms with E-state index in [9.17, 15) is 9.59 Å². The van der Waals surface area contributed by atoms with Crippen molar-refractivity contribution < 1.29 is 18.8 Å². The maximum absolute atomic E-state index is 12.6. The van der Waals surface area contributed by atoms with Crippen LogP contribution in [-0.4, -0.2) is 22.8 Å². The number of carbonyl (C=O) groups is 2. The number of hydrogen-bond donors (Lipinski definition) is 1. The second kappa shape index (κ2) is 6.50. The number of amides is 1. The van der Waals surface area contributed by atoms with Crippen LogP contribution < -0.4 is 5.32 Å². The van der Waals surface area contributed by atoms with Crippen LogP contribution in [0.25, 0.3) is 0 Å². The number of ether oxygens (including phenoxy) is 1. The summed E-state index contributed by atoms with van der Waals surface area (Å²) in [6.07, 6.45) is 4.59. The Balaban J connectivity index is 2.21. The van der Waals surface area contributed by atoms with E-state index in [-0.39, 0.29) is 17.8 Å². The Morgan fingerprint density at radius 1 is 1.50 bits per heavy atom. The molecule has 2 rings (SSSR count). The maximum Gasteiger partial charge on any atom is 0.304 e. The molecule has 1 fully saturated rings. The molecule has 22 heavy (non-hydrogen) atoms. The highest BCUT2D eigenvalue weighted by molar-refractivity contribution is 5.95. The number of nitrogens with one attached hydrogen (secondary N) is 1. The molecule has 1 aromatic heterocycles. The Morgan fingerprint density at radius 3 is 2.82 bits per heavy atom. The lowest BCUT2D eigenvalue weighted by atomic mass is 9.83. The zero-order valence-electron chi connectivity index (χ0n) is 13.6. The van der Waals surface area contributed by atoms with E-state index in [1.54, 1.807) is 0 Å². The lowest BCUT2D eigenvalue weighted by Crippen LogP contribution is -2.54. The smallest absolute Gasteiger partial charge is 0.304 e. The Kier molecular flexibility index (Phi) is 4.88. The van der Waals surface area contributed by atoms with Gasteiger partial charge in [-0.25, -0.2) is 0 Å². The van der Waals surface area contributed by atoms with E-state index in [4.69, 9.17) is 9.26 Å². The molecule has 0 radical (unpaired) electrons. The summed E-state index contributed by atoms with van der Waals surface area (Å²) in [6, 6.07) is 0. The van der Waals surface area contributed by atoms with Crippen LogP contribution >= 0.6 is 0 Å². The summed E-state index contributed by atoms with van der Waals surface area (Å²) in [4.78, 5) is 24.1. The van der Waals surface area contributed by atoms with Gasteiger partial charge in [-0.2, -0.15) is 0 Å². The summed E-state index contributed by atoms with van der Waals surface area (Å²) in [6.45, 7) is 7.35. The molecule has 0 aromatic carbocycles. The van der Waals surface area contributed by atoms with Crippen molar-refractivity contribution in [2.75, 3.05) is 0 Å². The van der Waals surface area contributed by atoms with Crippen LogP contribution in [0.15, 0.2) is 10.8 Å². The number of hydrogen-bond acceptors (Lipinski definition) is 5. The summed E-state index contributed by atoms with van der Waals surface area (Å²) in [5, 5.41) is 6.79. The second-order valence-electron chi connectivity index (χ2n) is 6.51. The first-order chi connectivity index (χ1) is 10.3. The molecule has 0 bridgehead atoms. The molecule has 6 heteroatoms. The van der Waals surface area contributed by atoms with Gasteiger partial charge in [-0.05, 0) is 18.3 Å². The Morgan fingerprint density at radius 2 is 2.23 bits per heavy atom. The average Bonchev–Trinajstić information content (AvgIpc) is 2.86. The van der Waals surface area contributed by atoms with Crippen LogP contribution in [0.2, 0.25) is 0 Å². The molecule has 1 aliphatic rings. The topological polar surface area (TPSA) is 81.4 Å². The number of rotatable bonds is 4. The van der Waals surface area contributed by atoms with Crippen LogP contribution in [0, 0.1) is 5.92 Å². The molecule has 122 valence electrons. The molecule has 6 nitrogen and oxygen atoms in total. The van der Waals surface area contributed by atoms with Crippen molar-refractivity contribution in [1.29, 1.82) is 0 Å². The van der Waals surface area contributed by atoms with Crippen LogP contribution in [0.3, 0.4) is 0 Å². The van der Waals surface area contributed by atoms with Crippen molar-refractivity contribution in [1.82, 2.24) is 10.5 Å². The third-order valence-electron chi connectivity index (χ3n) is 4.03. The van der Waals surface area contributed by atoms with Gasteiger partial charge in [-0.3, -0.25) is 9.59 Å². The highest BCUT2D eigenvalue weighted by Gasteiger charge is 2.40. The molecule has 0 saturated heterocycles. The van der Waals surface area contributed by atoms with E-state index in [1.807, 2.05) is 13.8 Å². The first-order valence-corrected chi connectivity index (χ1v) is 7.79. The third-order valence-corrected chi connectivity index (χ3v) is 4.03. The fraction of sp³-hybridized carbons (Fsp3) is 0.688. The van der Waals surface area contributed by atoms with Gasteiger partial charge in [-0.1, -0.05) is 32.3 Å². The largest absolute Gasteiger partial charge is 0.439 e. The Hall–Kier alpha value is -1.85. The first-order valence-electron chi connectivity index (χ1n) is 7.79. The molecular formula is C16H24N2O4. The monoisotopic (exact) mass is 308 g/mol. The van der Waals surface area contributed by atoms with Gasteiger partial charge in [0.1, 0.15) is 11.8 Å². The molecule has 1 N–H and O–H groups in total. The second-order valence-corrected chi connectivity index (χ2v) is 6.51. The summed E-state index contributed by atoms with van der Waals surface area (Å²) in [5.41, 5.74) is 0.0885. The zero-order valence-corrected chi connectivity index (χ0v) is 13.6. The molecule has 1 aromatic rings. The van der Waals surface area contributed by atoms with Crippen molar-refractivity contribution in [2.24, 2.45) is 5.92 Å². The van der Waals surface area contributed by atoms with E-state index in [0.717, 1.165) is 12.8 Å². The lowest BCUT2D eigenvalue weighted by molar-refractivity contribution is -0.165. The van der Waals surface area contributed by atoms with Gasteiger partial charge < -0.3 is 14.6 Å². The van der Waals surface area contributed by atoms with Gasteiger partial charge in [0.15, 0.2) is 5.72 Å². The lowest BCUT2D eigenvalue weighted by Gasteiger charge is -2.39. The fourth-order valence-electron chi connectivity index (χ4n) is 3.12. The molecule has 1 heterocycles. The zero-order chi connectivity index (χ0) is 16.3. The van der Waals surface area contributed by atoms with Gasteiger partial charge >= 0.3 is 5.97 Å². The summed E-state index contributed by atoms with van der Waals surface area (Å²) in [5.74, 6) is -0.223. The Bertz CT molecular complexity index is 552. The van der Waals surface area contributed by atoms with E-state index in [1.165, 1.54) is 13.2 Å². The van der Waals surface area contributed by atoms with Crippen LogP contribution in [-0.2, 0) is 9.53 Å². The molecule has 0 aliphatic heterocycles. The molecule has 2 atom stereocenters. The summed E-state index contributed by atoms with van der Waals surface area (Å²) >= 11 is 0. The molecule has 0 spiro atoms. The number of carbonyl (C=O) groups excluding carboxylic acids is 2. The van der Waals surface area contributed by atoms with Gasteiger partial charge in [0, 0.05) is 19.8 Å². The predicted molar refractivity (Wildman–Crippen MR) is 80.2 cm³/mol. The van der Waals surface area contributed by atoms with Gasteiger partial charge in [0.2, 0.25) is 0 Å². The standard InChI is InChI=1S/C16H24N2O4/c1-10(2)14-13(9-21-18-14)15(20)17-16(22-12(4)19)7-5-6-11(3)8-16/h9-11H,5-8H2,1-4H3,(H,17,20)/t11?,16-/m0/s1. The summed E-state index contributed by atoms with van der Waals surface area (Å²) in [7, 11) is 0. The van der Waals surface area contributed by atoms with Gasteiger partial charge in [0.25, 0.3) is 5.91 Å². The highest BCUT2D eigenvalue weighted by atomic mass is 16.6. The van der Waals surface area contributed by atoms with E-state index < -0.39 is 5.72 Å². The van der Waals surface area contributed by atoms with E-state index in [0.29, 0.717) is 30.0 Å². The van der Waals surface area contributed by atoms with Gasteiger partial charge in [0.05, 0.1) is 5.69 Å². The van der Waals surface area contributed by atoms with Gasteiger partial charge in [-0.15, -0.1) is 0 Å². The average molecular weight is 308 g/mol.